The van der Waals surface area contributed by atoms with E-state index in [-0.39, 0.29) is 50.4 Å². The molecule has 22 N–H and O–H groups in total. The molecule has 8 amide bonds. The van der Waals surface area contributed by atoms with Gasteiger partial charge in [0.1, 0.15) is 54.1 Å². The second-order valence-electron chi connectivity index (χ2n) is 20.7. The van der Waals surface area contributed by atoms with Crippen LogP contribution in [-0.4, -0.2) is 176 Å². The molecule has 1 heterocycles. The standard InChI is InChI=1S/C54H80N14O16/c1-27(2)43(51(81)62-36(18-19-41(71)72)46(76)65-39(53(83)84)22-29-14-16-31(70)17-15-29)68-50(80)40(26-69)66-48(78)37(23-30-25-60-34-12-6-5-10-32(30)34)63-49(79)38(24-42(73)74)64-52(82)44(28(3)4)67-47(77)35(13-9-21-59-54(57)58)61-45(75)33(56)11-7-8-20-55/h5-6,10,12,14-17,25,27-28,33,35-40,43-44,60,69-70H,7-9,11,13,18-24,26,55-56H2,1-4H3,(H,61,75)(H,62,81)(H,63,79)(H,64,82)(H,65,76)(H,66,78)(H,67,77)(H,68,80)(H,71,72)(H,73,74)(H,83,84)(H4,57,58,59)/t33-,35-,36-,37-,38-,39-,40-,43-,44-/m0/s1. The summed E-state index contributed by atoms with van der Waals surface area (Å²) in [4.78, 5) is 154. The van der Waals surface area contributed by atoms with Gasteiger partial charge in [0, 0.05) is 42.9 Å². The van der Waals surface area contributed by atoms with Crippen molar-refractivity contribution in [3.05, 3.63) is 65.9 Å². The Morgan fingerprint density at radius 3 is 1.63 bits per heavy atom. The predicted molar refractivity (Wildman–Crippen MR) is 304 cm³/mol. The van der Waals surface area contributed by atoms with Crippen LogP contribution in [0.5, 0.6) is 5.75 Å². The van der Waals surface area contributed by atoms with Crippen molar-refractivity contribution in [1.29, 1.82) is 0 Å². The number of nitrogens with one attached hydrogen (secondary N) is 9. The van der Waals surface area contributed by atoms with Crippen LogP contribution < -0.4 is 65.5 Å². The number of aliphatic imine (C=N–C) groups is 1. The summed E-state index contributed by atoms with van der Waals surface area (Å²) in [6.45, 7) is 5.39. The van der Waals surface area contributed by atoms with E-state index in [4.69, 9.17) is 22.9 Å². The molecular weight excluding hydrogens is 1100 g/mol. The molecule has 0 bridgehead atoms. The van der Waals surface area contributed by atoms with Crippen LogP contribution >= 0.6 is 0 Å². The molecule has 2 aromatic carbocycles. The number of amides is 8. The van der Waals surface area contributed by atoms with Gasteiger partial charge >= 0.3 is 17.9 Å². The van der Waals surface area contributed by atoms with Crippen LogP contribution in [-0.2, 0) is 65.6 Å². The number of phenols is 1. The monoisotopic (exact) mass is 1180 g/mol. The third kappa shape index (κ3) is 23.2. The first-order valence-electron chi connectivity index (χ1n) is 27.2. The number of aliphatic carboxylic acids is 3. The summed E-state index contributed by atoms with van der Waals surface area (Å²) >= 11 is 0. The van der Waals surface area contributed by atoms with Gasteiger partial charge in [-0.1, -0.05) is 64.4 Å². The van der Waals surface area contributed by atoms with Crippen LogP contribution in [0.15, 0.2) is 59.7 Å². The third-order valence-electron chi connectivity index (χ3n) is 13.2. The number of aromatic hydroxyl groups is 1. The van der Waals surface area contributed by atoms with Gasteiger partial charge in [0.15, 0.2) is 5.96 Å². The molecule has 3 rings (SSSR count). The molecule has 0 radical (unpaired) electrons. The number of carbonyl (C=O) groups excluding carboxylic acids is 8. The third-order valence-corrected chi connectivity index (χ3v) is 13.2. The molecule has 0 aliphatic heterocycles. The highest BCUT2D eigenvalue weighted by atomic mass is 16.4. The van der Waals surface area contributed by atoms with E-state index in [2.05, 4.69) is 52.5 Å². The van der Waals surface area contributed by atoms with Gasteiger partial charge in [0.2, 0.25) is 47.3 Å². The molecule has 0 spiro atoms. The molecule has 30 heteroatoms. The Hall–Kier alpha value is -8.90. The van der Waals surface area contributed by atoms with E-state index in [9.17, 15) is 78.3 Å². The van der Waals surface area contributed by atoms with Crippen molar-refractivity contribution in [2.75, 3.05) is 19.7 Å². The van der Waals surface area contributed by atoms with E-state index in [1.807, 2.05) is 0 Å². The number of nitrogens with zero attached hydrogens (tertiary/aromatic N) is 1. The minimum absolute atomic E-state index is 0.0213. The first kappa shape index (κ1) is 69.4. The Balaban J connectivity index is 1.90. The number of rotatable bonds is 37. The maximum Gasteiger partial charge on any atom is 0.326 e. The van der Waals surface area contributed by atoms with E-state index in [0.717, 1.165) is 0 Å². The number of nitrogens with two attached hydrogens (primary N) is 4. The number of hydrogen-bond acceptors (Lipinski definition) is 16. The molecule has 0 unspecified atom stereocenters. The van der Waals surface area contributed by atoms with E-state index in [1.165, 1.54) is 44.3 Å². The van der Waals surface area contributed by atoms with Crippen LogP contribution in [0.25, 0.3) is 10.9 Å². The zero-order valence-electron chi connectivity index (χ0n) is 47.2. The maximum atomic E-state index is 14.4. The number of benzene rings is 2. The number of unbranched alkanes of at least 4 members (excludes halogenated alkanes) is 1. The van der Waals surface area contributed by atoms with Gasteiger partial charge in [0.25, 0.3) is 0 Å². The predicted octanol–water partition coefficient (Wildman–Crippen LogP) is -3.22. The Bertz CT molecular complexity index is 2790. The first-order chi connectivity index (χ1) is 39.6. The smallest absolute Gasteiger partial charge is 0.326 e. The van der Waals surface area contributed by atoms with Gasteiger partial charge in [-0.05, 0) is 79.8 Å². The number of fused-ring (bicyclic) bond motifs is 1. The Labute approximate surface area is 483 Å². The Morgan fingerprint density at radius 2 is 1.07 bits per heavy atom. The summed E-state index contributed by atoms with van der Waals surface area (Å²) in [7, 11) is 0. The molecule has 0 aliphatic carbocycles. The SMILES string of the molecule is CC(C)[C@H](NC(=O)[C@H](CO)NC(=O)[C@H](Cc1c[nH]c2ccccc12)NC(=O)[C@H](CC(=O)O)NC(=O)[C@@H](NC(=O)[C@H](CCCN=C(N)N)NC(=O)[C@@H](N)CCCCN)C(C)C)C(=O)N[C@@H](CCC(=O)O)C(=O)N[C@@H](Cc1ccc(O)cc1)C(=O)O. The van der Waals surface area contributed by atoms with E-state index in [1.54, 1.807) is 38.1 Å². The van der Waals surface area contributed by atoms with E-state index >= 15 is 0 Å². The average molecular weight is 1180 g/mol. The number of carbonyl (C=O) groups is 11. The number of hydrogen-bond donors (Lipinski definition) is 18. The molecule has 3 aromatic rings. The van der Waals surface area contributed by atoms with Crippen LogP contribution in [0.2, 0.25) is 0 Å². The van der Waals surface area contributed by atoms with Crippen molar-refractivity contribution in [3.8, 4) is 5.75 Å². The lowest BCUT2D eigenvalue weighted by molar-refractivity contribution is -0.143. The van der Waals surface area contributed by atoms with Gasteiger partial charge in [-0.3, -0.25) is 52.9 Å². The number of aromatic nitrogens is 1. The highest BCUT2D eigenvalue weighted by molar-refractivity contribution is 5.99. The molecule has 30 nitrogen and oxygen atoms in total. The lowest BCUT2D eigenvalue weighted by Gasteiger charge is -2.29. The van der Waals surface area contributed by atoms with Crippen LogP contribution in [0.1, 0.15) is 90.2 Å². The fourth-order valence-corrected chi connectivity index (χ4v) is 8.52. The summed E-state index contributed by atoms with van der Waals surface area (Å²) < 4.78 is 0. The summed E-state index contributed by atoms with van der Waals surface area (Å²) in [5.74, 6) is -14.4. The largest absolute Gasteiger partial charge is 0.508 e. The van der Waals surface area contributed by atoms with Crippen molar-refractivity contribution in [2.24, 2.45) is 39.8 Å². The topological polar surface area (TPSA) is 517 Å². The Kier molecular flexibility index (Phi) is 28.5. The second kappa shape index (κ2) is 34.5. The van der Waals surface area contributed by atoms with Gasteiger partial charge in [-0.25, -0.2) is 4.79 Å². The fourth-order valence-electron chi connectivity index (χ4n) is 8.52. The zero-order valence-corrected chi connectivity index (χ0v) is 47.2. The molecule has 0 saturated carbocycles. The molecule has 462 valence electrons. The van der Waals surface area contributed by atoms with Gasteiger partial charge < -0.3 is 96.0 Å². The highest BCUT2D eigenvalue weighted by Gasteiger charge is 2.37. The summed E-state index contributed by atoms with van der Waals surface area (Å²) in [5, 5.41) is 69.4. The van der Waals surface area contributed by atoms with Gasteiger partial charge in [-0.15, -0.1) is 0 Å². The molecule has 0 saturated heterocycles. The number of para-hydroxylation sites is 1. The average Bonchev–Trinajstić information content (AvgIpc) is 3.53. The van der Waals surface area contributed by atoms with E-state index in [0.29, 0.717) is 41.4 Å². The number of guanidine groups is 1. The lowest BCUT2D eigenvalue weighted by atomic mass is 10.00. The van der Waals surface area contributed by atoms with Crippen LogP contribution in [0.4, 0.5) is 0 Å². The number of H-pyrrole nitrogens is 1. The van der Waals surface area contributed by atoms with E-state index < -0.39 is 157 Å². The number of aromatic amines is 1. The number of aliphatic hydroxyl groups excluding tert-OH is 1. The van der Waals surface area contributed by atoms with Crippen molar-refractivity contribution >= 4 is 82.0 Å². The van der Waals surface area contributed by atoms with Gasteiger partial charge in [0.05, 0.1) is 19.1 Å². The first-order valence-corrected chi connectivity index (χ1v) is 27.2. The Morgan fingerprint density at radius 1 is 0.560 bits per heavy atom. The molecule has 9 atom stereocenters. The normalized spacial score (nSPS) is 14.4. The molecule has 0 aliphatic rings. The van der Waals surface area contributed by atoms with Gasteiger partial charge in [-0.2, -0.15) is 0 Å². The summed E-state index contributed by atoms with van der Waals surface area (Å²) in [6, 6.07) is -1.73. The van der Waals surface area contributed by atoms with Crippen molar-refractivity contribution < 1.29 is 78.3 Å². The molecule has 0 fully saturated rings. The maximum absolute atomic E-state index is 14.4. The van der Waals surface area contributed by atoms with Crippen molar-refractivity contribution in [3.63, 3.8) is 0 Å². The summed E-state index contributed by atoms with van der Waals surface area (Å²) in [6.07, 6.45) is 0.220. The number of carboxylic acids is 3. The van der Waals surface area contributed by atoms with Crippen LogP contribution in [0.3, 0.4) is 0 Å². The lowest BCUT2D eigenvalue weighted by Crippen LogP contribution is -2.62. The molecule has 84 heavy (non-hydrogen) atoms. The fraction of sp³-hybridized carbons (Fsp3) is 0.519. The highest BCUT2D eigenvalue weighted by Crippen LogP contribution is 2.20. The summed E-state index contributed by atoms with van der Waals surface area (Å²) in [5.41, 5.74) is 24.0. The minimum atomic E-state index is -1.93. The number of carboxylic acid groups (broad SMARTS) is 3. The second-order valence-corrected chi connectivity index (χ2v) is 20.7. The number of aliphatic hydroxyl groups is 1. The van der Waals surface area contributed by atoms with Crippen LogP contribution in [0, 0.1) is 11.8 Å². The van der Waals surface area contributed by atoms with Crippen molar-refractivity contribution in [2.45, 2.75) is 146 Å². The number of phenolic OH excluding ortho intramolecular Hbond substituents is 1. The zero-order chi connectivity index (χ0) is 62.8. The quantitative estimate of drug-likeness (QED) is 0.0153. The van der Waals surface area contributed by atoms with Crippen molar-refractivity contribution in [1.82, 2.24) is 47.5 Å². The molecular formula is C54H80N14O16. The minimum Gasteiger partial charge on any atom is -0.508 e. The molecule has 1 aromatic heterocycles.